The third-order valence-electron chi connectivity index (χ3n) is 8.51. The molecule has 0 amide bonds. The highest BCUT2D eigenvalue weighted by Gasteiger charge is 2.71. The van der Waals surface area contributed by atoms with E-state index >= 15 is 0 Å². The average molecular weight is 408 g/mol. The second-order valence-corrected chi connectivity index (χ2v) is 9.70. The summed E-state index contributed by atoms with van der Waals surface area (Å²) in [5, 5.41) is 33.2. The van der Waals surface area contributed by atoms with Crippen molar-refractivity contribution in [2.45, 2.75) is 83.6 Å². The van der Waals surface area contributed by atoms with Crippen LogP contribution in [0.2, 0.25) is 0 Å². The second-order valence-electron chi connectivity index (χ2n) is 9.70. The Labute approximate surface area is 171 Å². The largest absolute Gasteiger partial charge is 0.472 e. The van der Waals surface area contributed by atoms with E-state index in [1.54, 1.807) is 19.5 Å². The molecule has 2 saturated carbocycles. The van der Waals surface area contributed by atoms with Gasteiger partial charge in [-0.3, -0.25) is 4.79 Å². The van der Waals surface area contributed by atoms with E-state index in [2.05, 4.69) is 0 Å². The normalized spacial score (nSPS) is 49.8. The molecular weight excluding hydrogens is 376 g/mol. The molecular formula is C22H32O7. The van der Waals surface area contributed by atoms with Crippen molar-refractivity contribution in [2.75, 3.05) is 0 Å². The number of esters is 1. The predicted octanol–water partition coefficient (Wildman–Crippen LogP) is 2.55. The first-order chi connectivity index (χ1) is 13.5. The minimum absolute atomic E-state index is 0.109. The van der Waals surface area contributed by atoms with Gasteiger partial charge in [0.2, 0.25) is 0 Å². The van der Waals surface area contributed by atoms with Crippen LogP contribution in [0, 0.1) is 22.7 Å². The fourth-order valence-corrected chi connectivity index (χ4v) is 6.62. The highest BCUT2D eigenvalue weighted by atomic mass is 16.6. The number of rotatable bonds is 2. The summed E-state index contributed by atoms with van der Waals surface area (Å²) in [6.07, 6.45) is 2.46. The predicted molar refractivity (Wildman–Crippen MR) is 102 cm³/mol. The van der Waals surface area contributed by atoms with Crippen molar-refractivity contribution >= 4 is 5.97 Å². The average Bonchev–Trinajstić information content (AvgIpc) is 3.27. The van der Waals surface area contributed by atoms with Crippen LogP contribution in [-0.4, -0.2) is 45.4 Å². The molecule has 0 aromatic carbocycles. The van der Waals surface area contributed by atoms with Crippen LogP contribution in [0.25, 0.3) is 0 Å². The van der Waals surface area contributed by atoms with Crippen LogP contribution in [0.15, 0.2) is 23.0 Å². The molecule has 29 heavy (non-hydrogen) atoms. The number of carbonyl (C=O) groups is 1. The summed E-state index contributed by atoms with van der Waals surface area (Å²) in [6.45, 7) is 6.98. The van der Waals surface area contributed by atoms with Crippen molar-refractivity contribution in [1.82, 2.24) is 0 Å². The molecule has 3 N–H and O–H groups in total. The first-order valence-electron chi connectivity index (χ1n) is 10.5. The minimum Gasteiger partial charge on any atom is -0.472 e. The van der Waals surface area contributed by atoms with E-state index in [0.717, 1.165) is 5.56 Å². The van der Waals surface area contributed by atoms with E-state index in [0.29, 0.717) is 25.7 Å². The Morgan fingerprint density at radius 3 is 2.59 bits per heavy atom. The molecule has 7 nitrogen and oxygen atoms in total. The summed E-state index contributed by atoms with van der Waals surface area (Å²) in [4.78, 5) is 11.8. The van der Waals surface area contributed by atoms with Crippen LogP contribution in [0.4, 0.5) is 0 Å². The second kappa shape index (κ2) is 6.80. The third-order valence-corrected chi connectivity index (χ3v) is 8.51. The number of hydrogen-bond donors (Lipinski definition) is 3. The van der Waals surface area contributed by atoms with Crippen molar-refractivity contribution in [3.05, 3.63) is 24.2 Å². The molecule has 1 aromatic rings. The molecule has 1 saturated heterocycles. The van der Waals surface area contributed by atoms with E-state index in [4.69, 9.17) is 13.9 Å². The van der Waals surface area contributed by atoms with Crippen molar-refractivity contribution in [1.29, 1.82) is 0 Å². The van der Waals surface area contributed by atoms with E-state index in [1.807, 2.05) is 19.9 Å². The molecule has 0 unspecified atom stereocenters. The highest BCUT2D eigenvalue weighted by molar-refractivity contribution is 5.66. The summed E-state index contributed by atoms with van der Waals surface area (Å²) < 4.78 is 16.9. The zero-order chi connectivity index (χ0) is 21.2. The number of aliphatic hydroxyl groups excluding tert-OH is 2. The molecule has 7 heteroatoms. The Kier molecular flexibility index (Phi) is 4.89. The molecule has 2 aliphatic carbocycles. The summed E-state index contributed by atoms with van der Waals surface area (Å²) >= 11 is 0. The Balaban J connectivity index is 1.81. The van der Waals surface area contributed by atoms with Gasteiger partial charge in [0, 0.05) is 29.2 Å². The van der Waals surface area contributed by atoms with Gasteiger partial charge in [0.1, 0.15) is 6.10 Å². The van der Waals surface area contributed by atoms with Gasteiger partial charge in [-0.25, -0.2) is 0 Å². The van der Waals surface area contributed by atoms with Gasteiger partial charge < -0.3 is 29.2 Å². The van der Waals surface area contributed by atoms with Crippen LogP contribution in [0.5, 0.6) is 0 Å². The van der Waals surface area contributed by atoms with Gasteiger partial charge in [-0.15, -0.1) is 0 Å². The first-order valence-corrected chi connectivity index (χ1v) is 10.5. The maximum Gasteiger partial charge on any atom is 0.302 e. The van der Waals surface area contributed by atoms with Crippen LogP contribution < -0.4 is 0 Å². The van der Waals surface area contributed by atoms with Crippen molar-refractivity contribution < 1.29 is 34.0 Å². The first kappa shape index (κ1) is 20.8. The number of furan rings is 1. The van der Waals surface area contributed by atoms with Crippen LogP contribution >= 0.6 is 0 Å². The number of ether oxygens (including phenoxy) is 2. The van der Waals surface area contributed by atoms with E-state index in [-0.39, 0.29) is 17.9 Å². The topological polar surface area (TPSA) is 109 Å². The summed E-state index contributed by atoms with van der Waals surface area (Å²) in [5.41, 5.74) is -2.01. The van der Waals surface area contributed by atoms with Crippen LogP contribution in [-0.2, 0) is 14.3 Å². The van der Waals surface area contributed by atoms with Crippen molar-refractivity contribution in [3.8, 4) is 0 Å². The number of aliphatic hydroxyl groups is 3. The lowest BCUT2D eigenvalue weighted by Gasteiger charge is -2.65. The lowest BCUT2D eigenvalue weighted by molar-refractivity contribution is -0.287. The SMILES string of the molecule is CC(=O)O[C@@H]1C[C@@]2(C)[C@H](CC[C@@H](O)[C@@]2(C)O)[C@]2(C[C@@H](c3ccoc3)O[C@@H]2O)[C@H]1C. The fourth-order valence-electron chi connectivity index (χ4n) is 6.62. The van der Waals surface area contributed by atoms with Crippen molar-refractivity contribution in [3.63, 3.8) is 0 Å². The quantitative estimate of drug-likeness (QED) is 0.645. The Morgan fingerprint density at radius 1 is 1.24 bits per heavy atom. The van der Waals surface area contributed by atoms with Gasteiger partial charge >= 0.3 is 5.97 Å². The molecule has 2 heterocycles. The molecule has 3 fully saturated rings. The van der Waals surface area contributed by atoms with E-state index < -0.39 is 40.9 Å². The molecule has 162 valence electrons. The summed E-state index contributed by atoms with van der Waals surface area (Å²) in [6, 6.07) is 1.83. The monoisotopic (exact) mass is 408 g/mol. The van der Waals surface area contributed by atoms with Gasteiger partial charge in [0.05, 0.1) is 30.3 Å². The smallest absolute Gasteiger partial charge is 0.302 e. The van der Waals surface area contributed by atoms with Crippen molar-refractivity contribution in [2.24, 2.45) is 22.7 Å². The fraction of sp³-hybridized carbons (Fsp3) is 0.773. The zero-order valence-corrected chi connectivity index (χ0v) is 17.5. The maximum absolute atomic E-state index is 11.8. The van der Waals surface area contributed by atoms with E-state index in [1.165, 1.54) is 6.92 Å². The third kappa shape index (κ3) is 2.81. The molecule has 0 radical (unpaired) electrons. The standard InChI is InChI=1S/C22H32O7/c1-12-15(28-13(2)23)9-20(3)17(5-6-18(24)21(20,4)26)22(12)10-16(29-19(22)25)14-7-8-27-11-14/h7-8,11-12,15-19,24-26H,5-6,9-10H2,1-4H3/t12-,15+,16-,17-,18+,19-,20-,21+,22-/m0/s1. The number of carbonyl (C=O) groups excluding carboxylic acids is 1. The Morgan fingerprint density at radius 2 is 1.97 bits per heavy atom. The molecule has 3 aliphatic rings. The summed E-state index contributed by atoms with van der Waals surface area (Å²) in [7, 11) is 0. The van der Waals surface area contributed by atoms with Gasteiger partial charge in [0.25, 0.3) is 0 Å². The number of fused-ring (bicyclic) bond motifs is 2. The Hall–Kier alpha value is -1.41. The molecule has 1 aromatic heterocycles. The molecule has 0 bridgehead atoms. The lowest BCUT2D eigenvalue weighted by atomic mass is 9.42. The molecule has 1 aliphatic heterocycles. The van der Waals surface area contributed by atoms with Crippen LogP contribution in [0.1, 0.15) is 65.0 Å². The Bertz CT molecular complexity index is 759. The molecule has 1 spiro atoms. The lowest BCUT2D eigenvalue weighted by Crippen LogP contribution is -2.69. The van der Waals surface area contributed by atoms with Gasteiger partial charge in [0.15, 0.2) is 6.29 Å². The number of hydrogen-bond acceptors (Lipinski definition) is 7. The van der Waals surface area contributed by atoms with Gasteiger partial charge in [-0.2, -0.15) is 0 Å². The molecule has 4 rings (SSSR count). The van der Waals surface area contributed by atoms with Gasteiger partial charge in [-0.05, 0) is 44.6 Å². The minimum atomic E-state index is -1.38. The van der Waals surface area contributed by atoms with Gasteiger partial charge in [-0.1, -0.05) is 13.8 Å². The zero-order valence-electron chi connectivity index (χ0n) is 17.5. The van der Waals surface area contributed by atoms with E-state index in [9.17, 15) is 20.1 Å². The molecule has 9 atom stereocenters. The van der Waals surface area contributed by atoms with Crippen LogP contribution in [0.3, 0.4) is 0 Å². The maximum atomic E-state index is 11.8. The summed E-state index contributed by atoms with van der Waals surface area (Å²) in [5.74, 6) is -0.681. The highest BCUT2D eigenvalue weighted by Crippen LogP contribution is 2.68.